The Balaban J connectivity index is 1.76. The first-order valence-corrected chi connectivity index (χ1v) is 7.42. The van der Waals surface area contributed by atoms with E-state index in [2.05, 4.69) is 24.1 Å². The van der Waals surface area contributed by atoms with Crippen LogP contribution in [0.1, 0.15) is 26.7 Å². The van der Waals surface area contributed by atoms with Crippen molar-refractivity contribution in [1.82, 2.24) is 10.2 Å². The van der Waals surface area contributed by atoms with Crippen LogP contribution in [0.2, 0.25) is 0 Å². The van der Waals surface area contributed by atoms with Gasteiger partial charge in [0.2, 0.25) is 5.91 Å². The van der Waals surface area contributed by atoms with Gasteiger partial charge in [-0.2, -0.15) is 0 Å². The van der Waals surface area contributed by atoms with Gasteiger partial charge >= 0.3 is 0 Å². The van der Waals surface area contributed by atoms with E-state index in [0.717, 1.165) is 26.3 Å². The molecule has 20 heavy (non-hydrogen) atoms. The molecule has 0 radical (unpaired) electrons. The number of carbonyl (C=O) groups is 1. The molecule has 0 aromatic rings. The molecule has 6 nitrogen and oxygen atoms in total. The highest BCUT2D eigenvalue weighted by Gasteiger charge is 2.36. The first-order valence-electron chi connectivity index (χ1n) is 7.42. The van der Waals surface area contributed by atoms with Gasteiger partial charge in [0.1, 0.15) is 0 Å². The maximum Gasteiger partial charge on any atom is 0.240 e. The maximum atomic E-state index is 12.2. The Morgan fingerprint density at radius 3 is 2.60 bits per heavy atom. The average molecular weight is 285 g/mol. The minimum absolute atomic E-state index is 0.0298. The minimum atomic E-state index is -0.751. The number of nitrogens with one attached hydrogen (secondary N) is 1. The van der Waals surface area contributed by atoms with E-state index in [1.165, 1.54) is 0 Å². The summed E-state index contributed by atoms with van der Waals surface area (Å²) in [5, 5.41) is 2.98. The second-order valence-corrected chi connectivity index (χ2v) is 6.38. The van der Waals surface area contributed by atoms with Crippen LogP contribution in [0.25, 0.3) is 0 Å². The fourth-order valence-electron chi connectivity index (χ4n) is 2.75. The van der Waals surface area contributed by atoms with Crippen molar-refractivity contribution >= 4 is 5.91 Å². The van der Waals surface area contributed by atoms with Gasteiger partial charge in [0.05, 0.1) is 18.8 Å². The van der Waals surface area contributed by atoms with Crippen molar-refractivity contribution in [2.24, 2.45) is 5.73 Å². The topological polar surface area (TPSA) is 76.8 Å². The van der Waals surface area contributed by atoms with Crippen molar-refractivity contribution in [3.05, 3.63) is 0 Å². The molecular weight excluding hydrogens is 258 g/mol. The lowest BCUT2D eigenvalue weighted by molar-refractivity contribution is -0.130. The molecule has 2 fully saturated rings. The van der Waals surface area contributed by atoms with Crippen molar-refractivity contribution in [3.8, 4) is 0 Å². The van der Waals surface area contributed by atoms with E-state index in [4.69, 9.17) is 15.2 Å². The summed E-state index contributed by atoms with van der Waals surface area (Å²) in [6, 6.07) is 0. The van der Waals surface area contributed by atoms with Crippen molar-refractivity contribution in [2.45, 2.75) is 37.8 Å². The van der Waals surface area contributed by atoms with Crippen LogP contribution in [-0.4, -0.2) is 67.9 Å². The van der Waals surface area contributed by atoms with Crippen molar-refractivity contribution < 1.29 is 14.3 Å². The van der Waals surface area contributed by atoms with Crippen LogP contribution in [0.3, 0.4) is 0 Å². The zero-order valence-corrected chi connectivity index (χ0v) is 12.6. The molecule has 6 heteroatoms. The highest BCUT2D eigenvalue weighted by Crippen LogP contribution is 2.19. The maximum absolute atomic E-state index is 12.2. The molecule has 2 rings (SSSR count). The first-order chi connectivity index (χ1) is 9.44. The lowest BCUT2D eigenvalue weighted by Gasteiger charge is -2.42. The highest BCUT2D eigenvalue weighted by molar-refractivity contribution is 5.86. The molecular formula is C14H27N3O3. The largest absolute Gasteiger partial charge is 0.381 e. The van der Waals surface area contributed by atoms with Crippen molar-refractivity contribution in [1.29, 1.82) is 0 Å². The summed E-state index contributed by atoms with van der Waals surface area (Å²) >= 11 is 0. The standard InChI is InChI=1S/C14H27N3O3/c1-13(2)11-20-10-7-17(13)6-5-16-12(18)14(15)3-8-19-9-4-14/h3-11,15H2,1-2H3,(H,16,18). The van der Waals surface area contributed by atoms with Gasteiger partial charge in [0, 0.05) is 38.4 Å². The molecule has 0 aromatic heterocycles. The molecule has 0 unspecified atom stereocenters. The molecule has 1 amide bonds. The monoisotopic (exact) mass is 285 g/mol. The lowest BCUT2D eigenvalue weighted by atomic mass is 9.90. The van der Waals surface area contributed by atoms with Gasteiger partial charge < -0.3 is 20.5 Å². The van der Waals surface area contributed by atoms with E-state index in [0.29, 0.717) is 32.6 Å². The van der Waals surface area contributed by atoms with Crippen LogP contribution in [0.4, 0.5) is 0 Å². The quantitative estimate of drug-likeness (QED) is 0.743. The van der Waals surface area contributed by atoms with Crippen molar-refractivity contribution in [3.63, 3.8) is 0 Å². The van der Waals surface area contributed by atoms with Crippen LogP contribution >= 0.6 is 0 Å². The van der Waals surface area contributed by atoms with Crippen molar-refractivity contribution in [2.75, 3.05) is 46.1 Å². The predicted molar refractivity (Wildman–Crippen MR) is 76.5 cm³/mol. The van der Waals surface area contributed by atoms with E-state index in [9.17, 15) is 4.79 Å². The Morgan fingerprint density at radius 1 is 1.25 bits per heavy atom. The molecule has 0 aliphatic carbocycles. The number of amides is 1. The number of hydrogen-bond acceptors (Lipinski definition) is 5. The van der Waals surface area contributed by atoms with Gasteiger partial charge in [-0.25, -0.2) is 0 Å². The third-order valence-corrected chi connectivity index (χ3v) is 4.32. The molecule has 2 saturated heterocycles. The number of hydrogen-bond donors (Lipinski definition) is 2. The Hall–Kier alpha value is -0.690. The summed E-state index contributed by atoms with van der Waals surface area (Å²) in [6.45, 7) is 9.32. The molecule has 0 aromatic carbocycles. The van der Waals surface area contributed by atoms with Crippen LogP contribution in [0.5, 0.6) is 0 Å². The smallest absolute Gasteiger partial charge is 0.240 e. The van der Waals surface area contributed by atoms with Gasteiger partial charge in [0.25, 0.3) is 0 Å². The zero-order chi connectivity index (χ0) is 14.6. The summed E-state index contributed by atoms with van der Waals surface area (Å²) in [5.74, 6) is -0.0492. The third kappa shape index (κ3) is 3.69. The summed E-state index contributed by atoms with van der Waals surface area (Å²) < 4.78 is 10.8. The molecule has 116 valence electrons. The molecule has 3 N–H and O–H groups in total. The lowest BCUT2D eigenvalue weighted by Crippen LogP contribution is -2.59. The summed E-state index contributed by atoms with van der Waals surface area (Å²) in [5.41, 5.74) is 5.43. The van der Waals surface area contributed by atoms with E-state index in [1.807, 2.05) is 0 Å². The minimum Gasteiger partial charge on any atom is -0.381 e. The molecule has 0 atom stereocenters. The molecule has 0 spiro atoms. The van der Waals surface area contributed by atoms with Gasteiger partial charge in [0.15, 0.2) is 0 Å². The van der Waals surface area contributed by atoms with E-state index >= 15 is 0 Å². The Bertz CT molecular complexity index is 341. The summed E-state index contributed by atoms with van der Waals surface area (Å²) in [6.07, 6.45) is 1.20. The Morgan fingerprint density at radius 2 is 1.95 bits per heavy atom. The normalized spacial score (nSPS) is 26.1. The van der Waals surface area contributed by atoms with E-state index in [1.54, 1.807) is 0 Å². The predicted octanol–water partition coefficient (Wildman–Crippen LogP) is -0.279. The van der Waals surface area contributed by atoms with Crippen LogP contribution in [0.15, 0.2) is 0 Å². The number of carbonyl (C=O) groups excluding carboxylic acids is 1. The van der Waals surface area contributed by atoms with Gasteiger partial charge in [-0.05, 0) is 26.7 Å². The Kier molecular flexibility index (Phi) is 5.01. The fourth-order valence-corrected chi connectivity index (χ4v) is 2.75. The molecule has 0 saturated carbocycles. The zero-order valence-electron chi connectivity index (χ0n) is 12.6. The van der Waals surface area contributed by atoms with E-state index < -0.39 is 5.54 Å². The first kappa shape index (κ1) is 15.7. The SMILES string of the molecule is CC1(C)COCCN1CCNC(=O)C1(N)CCOCC1. The number of nitrogens with zero attached hydrogens (tertiary/aromatic N) is 1. The van der Waals surface area contributed by atoms with E-state index in [-0.39, 0.29) is 11.4 Å². The fraction of sp³-hybridized carbons (Fsp3) is 0.929. The summed E-state index contributed by atoms with van der Waals surface area (Å²) in [7, 11) is 0. The van der Waals surface area contributed by atoms with Crippen LogP contribution in [-0.2, 0) is 14.3 Å². The number of nitrogens with two attached hydrogens (primary N) is 1. The molecule has 2 aliphatic rings. The highest BCUT2D eigenvalue weighted by atomic mass is 16.5. The molecule has 0 bridgehead atoms. The van der Waals surface area contributed by atoms with Gasteiger partial charge in [-0.1, -0.05) is 0 Å². The van der Waals surface area contributed by atoms with Gasteiger partial charge in [-0.3, -0.25) is 9.69 Å². The summed E-state index contributed by atoms with van der Waals surface area (Å²) in [4.78, 5) is 14.5. The van der Waals surface area contributed by atoms with Crippen LogP contribution < -0.4 is 11.1 Å². The van der Waals surface area contributed by atoms with Gasteiger partial charge in [-0.15, -0.1) is 0 Å². The average Bonchev–Trinajstić information content (AvgIpc) is 2.41. The molecule has 2 heterocycles. The second kappa shape index (κ2) is 6.39. The Labute approximate surface area is 121 Å². The third-order valence-electron chi connectivity index (χ3n) is 4.32. The number of ether oxygens (including phenoxy) is 2. The second-order valence-electron chi connectivity index (χ2n) is 6.38. The van der Waals surface area contributed by atoms with Crippen LogP contribution in [0, 0.1) is 0 Å². The number of morpholine rings is 1. The molecule has 2 aliphatic heterocycles. The number of rotatable bonds is 4.